The smallest absolute Gasteiger partial charge is 0.190 e. The first-order valence-electron chi connectivity index (χ1n) is 6.84. The van der Waals surface area contributed by atoms with Crippen LogP contribution >= 0.6 is 24.0 Å². The fraction of sp³-hybridized carbons (Fsp3) is 0.692. The molecular weight excluding hydrogens is 369 g/mol. The molecule has 1 rings (SSSR count). The predicted octanol–water partition coefficient (Wildman–Crippen LogP) is 1.48. The molecule has 0 spiro atoms. The summed E-state index contributed by atoms with van der Waals surface area (Å²) in [5.41, 5.74) is 0. The van der Waals surface area contributed by atoms with E-state index in [1.807, 2.05) is 19.4 Å². The van der Waals surface area contributed by atoms with Gasteiger partial charge in [0.2, 0.25) is 0 Å². The molecule has 0 amide bonds. The number of aliphatic imine (C=N–C) groups is 1. The van der Waals surface area contributed by atoms with Crippen LogP contribution in [0.25, 0.3) is 0 Å². The molecule has 0 atom stereocenters. The first kappa shape index (κ1) is 19.2. The highest BCUT2D eigenvalue weighted by molar-refractivity contribution is 14.0. The second-order valence-corrected chi connectivity index (χ2v) is 4.13. The van der Waals surface area contributed by atoms with Gasteiger partial charge in [0, 0.05) is 52.3 Å². The van der Waals surface area contributed by atoms with Gasteiger partial charge < -0.3 is 19.9 Å². The maximum Gasteiger partial charge on any atom is 0.190 e. The van der Waals surface area contributed by atoms with E-state index in [0.29, 0.717) is 0 Å². The zero-order valence-electron chi connectivity index (χ0n) is 12.3. The molecule has 0 aromatic carbocycles. The number of ether oxygens (including phenoxy) is 1. The number of hydrogen-bond acceptors (Lipinski definition) is 3. The van der Waals surface area contributed by atoms with E-state index in [0.717, 1.165) is 51.6 Å². The largest absolute Gasteiger partial charge is 0.382 e. The van der Waals surface area contributed by atoms with Gasteiger partial charge in [-0.1, -0.05) is 0 Å². The lowest BCUT2D eigenvalue weighted by Gasteiger charge is -2.11. The van der Waals surface area contributed by atoms with Crippen LogP contribution in [-0.2, 0) is 11.3 Å². The van der Waals surface area contributed by atoms with Gasteiger partial charge in [0.25, 0.3) is 0 Å². The number of hydrogen-bond donors (Lipinski definition) is 2. The van der Waals surface area contributed by atoms with Gasteiger partial charge in [-0.25, -0.2) is 4.98 Å². The van der Waals surface area contributed by atoms with Crippen LogP contribution in [0.1, 0.15) is 19.8 Å². The quantitative estimate of drug-likeness (QED) is 0.288. The number of rotatable bonds is 9. The highest BCUT2D eigenvalue weighted by Gasteiger charge is 1.96. The number of aryl methyl sites for hydroxylation is 1. The van der Waals surface area contributed by atoms with Crippen LogP contribution in [-0.4, -0.2) is 48.9 Å². The van der Waals surface area contributed by atoms with E-state index in [2.05, 4.69) is 25.2 Å². The number of guanidine groups is 1. The Hall–Kier alpha value is -0.830. The minimum absolute atomic E-state index is 0. The zero-order valence-corrected chi connectivity index (χ0v) is 14.7. The van der Waals surface area contributed by atoms with Crippen LogP contribution in [0.3, 0.4) is 0 Å². The maximum absolute atomic E-state index is 5.28. The van der Waals surface area contributed by atoms with Gasteiger partial charge in [-0.2, -0.15) is 0 Å². The number of imidazole rings is 1. The van der Waals surface area contributed by atoms with Crippen LogP contribution in [0.15, 0.2) is 23.7 Å². The van der Waals surface area contributed by atoms with E-state index in [1.165, 1.54) is 0 Å². The molecule has 0 fully saturated rings. The molecule has 0 radical (unpaired) electrons. The van der Waals surface area contributed by atoms with Crippen molar-refractivity contribution in [2.45, 2.75) is 26.3 Å². The average Bonchev–Trinajstić information content (AvgIpc) is 2.94. The molecule has 116 valence electrons. The van der Waals surface area contributed by atoms with E-state index in [1.54, 1.807) is 13.2 Å². The Morgan fingerprint density at radius 1 is 1.30 bits per heavy atom. The van der Waals surface area contributed by atoms with Crippen molar-refractivity contribution in [2.75, 3.05) is 33.4 Å². The van der Waals surface area contributed by atoms with Crippen LogP contribution in [0, 0.1) is 0 Å². The Morgan fingerprint density at radius 3 is 2.65 bits per heavy atom. The minimum Gasteiger partial charge on any atom is -0.382 e. The molecule has 0 aliphatic carbocycles. The summed E-state index contributed by atoms with van der Waals surface area (Å²) in [5, 5.41) is 6.55. The summed E-state index contributed by atoms with van der Waals surface area (Å²) in [6.45, 7) is 6.31. The second-order valence-electron chi connectivity index (χ2n) is 4.13. The van der Waals surface area contributed by atoms with Gasteiger partial charge in [-0.15, -0.1) is 24.0 Å². The molecule has 0 saturated heterocycles. The summed E-state index contributed by atoms with van der Waals surface area (Å²) in [5.74, 6) is 0.849. The lowest BCUT2D eigenvalue weighted by Crippen LogP contribution is -2.38. The Morgan fingerprint density at radius 2 is 2.05 bits per heavy atom. The molecule has 1 aromatic rings. The summed E-state index contributed by atoms with van der Waals surface area (Å²) in [4.78, 5) is 8.19. The third kappa shape index (κ3) is 9.13. The molecule has 0 aliphatic heterocycles. The molecule has 2 N–H and O–H groups in total. The average molecular weight is 395 g/mol. The normalized spacial score (nSPS) is 11.0. The number of aromatic nitrogens is 2. The molecule has 0 aliphatic rings. The molecule has 0 bridgehead atoms. The summed E-state index contributed by atoms with van der Waals surface area (Å²) in [6.07, 6.45) is 7.63. The maximum atomic E-state index is 5.28. The van der Waals surface area contributed by atoms with Gasteiger partial charge in [-0.3, -0.25) is 4.99 Å². The van der Waals surface area contributed by atoms with E-state index in [9.17, 15) is 0 Å². The highest BCUT2D eigenvalue weighted by Crippen LogP contribution is 1.89. The summed E-state index contributed by atoms with van der Waals surface area (Å²) < 4.78 is 7.35. The SMILES string of the molecule is CCOCCCNC(=NC)NCCCn1ccnc1.I. The second kappa shape index (κ2) is 13.2. The zero-order chi connectivity index (χ0) is 13.8. The van der Waals surface area contributed by atoms with Gasteiger partial charge in [-0.05, 0) is 19.8 Å². The van der Waals surface area contributed by atoms with Crippen molar-refractivity contribution in [2.24, 2.45) is 4.99 Å². The van der Waals surface area contributed by atoms with Crippen LogP contribution in [0.5, 0.6) is 0 Å². The van der Waals surface area contributed by atoms with E-state index >= 15 is 0 Å². The number of nitrogens with one attached hydrogen (secondary N) is 2. The predicted molar refractivity (Wildman–Crippen MR) is 92.7 cm³/mol. The minimum atomic E-state index is 0. The third-order valence-electron chi connectivity index (χ3n) is 2.63. The van der Waals surface area contributed by atoms with E-state index in [-0.39, 0.29) is 24.0 Å². The first-order valence-corrected chi connectivity index (χ1v) is 6.84. The van der Waals surface area contributed by atoms with Crippen molar-refractivity contribution >= 4 is 29.9 Å². The van der Waals surface area contributed by atoms with Gasteiger partial charge in [0.1, 0.15) is 0 Å². The fourth-order valence-corrected chi connectivity index (χ4v) is 1.63. The van der Waals surface area contributed by atoms with Crippen LogP contribution in [0.2, 0.25) is 0 Å². The van der Waals surface area contributed by atoms with Crippen molar-refractivity contribution in [1.82, 2.24) is 20.2 Å². The number of nitrogens with zero attached hydrogens (tertiary/aromatic N) is 3. The Labute approximate surface area is 138 Å². The third-order valence-corrected chi connectivity index (χ3v) is 2.63. The molecule has 20 heavy (non-hydrogen) atoms. The first-order chi connectivity index (χ1) is 9.36. The lowest BCUT2D eigenvalue weighted by atomic mass is 10.4. The molecule has 0 saturated carbocycles. The molecular formula is C13H26IN5O. The standard InChI is InChI=1S/C13H25N5O.HI/c1-3-19-11-5-7-17-13(14-2)16-6-4-9-18-10-8-15-12-18;/h8,10,12H,3-7,9,11H2,1-2H3,(H2,14,16,17);1H. The van der Waals surface area contributed by atoms with Crippen LogP contribution < -0.4 is 10.6 Å². The summed E-state index contributed by atoms with van der Waals surface area (Å²) >= 11 is 0. The number of halogens is 1. The Balaban J connectivity index is 0.00000361. The van der Waals surface area contributed by atoms with E-state index in [4.69, 9.17) is 4.74 Å². The lowest BCUT2D eigenvalue weighted by molar-refractivity contribution is 0.145. The summed E-state index contributed by atoms with van der Waals surface area (Å²) in [7, 11) is 1.79. The van der Waals surface area contributed by atoms with Gasteiger partial charge in [0.15, 0.2) is 5.96 Å². The highest BCUT2D eigenvalue weighted by atomic mass is 127. The van der Waals surface area contributed by atoms with Crippen molar-refractivity contribution in [3.05, 3.63) is 18.7 Å². The molecule has 1 aromatic heterocycles. The van der Waals surface area contributed by atoms with Crippen molar-refractivity contribution < 1.29 is 4.74 Å². The van der Waals surface area contributed by atoms with Crippen LogP contribution in [0.4, 0.5) is 0 Å². The molecule has 7 heteroatoms. The van der Waals surface area contributed by atoms with Gasteiger partial charge >= 0.3 is 0 Å². The Bertz CT molecular complexity index is 343. The van der Waals surface area contributed by atoms with Gasteiger partial charge in [0.05, 0.1) is 6.33 Å². The molecule has 1 heterocycles. The Kier molecular flexibility index (Phi) is 12.6. The van der Waals surface area contributed by atoms with E-state index < -0.39 is 0 Å². The van der Waals surface area contributed by atoms with Crippen molar-refractivity contribution in [3.8, 4) is 0 Å². The monoisotopic (exact) mass is 395 g/mol. The molecule has 6 nitrogen and oxygen atoms in total. The summed E-state index contributed by atoms with van der Waals surface area (Å²) in [6, 6.07) is 0. The fourth-order valence-electron chi connectivity index (χ4n) is 1.63. The van der Waals surface area contributed by atoms with Crippen molar-refractivity contribution in [3.63, 3.8) is 0 Å². The molecule has 0 unspecified atom stereocenters. The van der Waals surface area contributed by atoms with Crippen molar-refractivity contribution in [1.29, 1.82) is 0 Å². The topological polar surface area (TPSA) is 63.5 Å².